The lowest BCUT2D eigenvalue weighted by molar-refractivity contribution is -0.121. The molecular weight excluding hydrogens is 280 g/mol. The Hall–Kier alpha value is -2.04. The lowest BCUT2D eigenvalue weighted by atomic mass is 10.0. The standard InChI is InChI=1S/C17H24N2O3/c1-3-16(20)18-14-9-11-19(12-10-14)17(21)13-5-7-15(8-6-13)22-4-2/h5-8,14H,3-4,9-12H2,1-2H3,(H,18,20). The second-order valence-corrected chi connectivity index (χ2v) is 5.44. The molecule has 0 spiro atoms. The van der Waals surface area contributed by atoms with Gasteiger partial charge in [0.2, 0.25) is 5.91 Å². The van der Waals surface area contributed by atoms with Gasteiger partial charge < -0.3 is 15.0 Å². The Balaban J connectivity index is 1.87. The number of benzene rings is 1. The van der Waals surface area contributed by atoms with Gasteiger partial charge in [0.05, 0.1) is 6.61 Å². The predicted octanol–water partition coefficient (Wildman–Crippen LogP) is 2.22. The highest BCUT2D eigenvalue weighted by Crippen LogP contribution is 2.17. The van der Waals surface area contributed by atoms with Gasteiger partial charge in [-0.3, -0.25) is 9.59 Å². The van der Waals surface area contributed by atoms with Gasteiger partial charge in [-0.25, -0.2) is 0 Å². The molecule has 1 aliphatic heterocycles. The number of hydrogen-bond donors (Lipinski definition) is 1. The van der Waals surface area contributed by atoms with Gasteiger partial charge >= 0.3 is 0 Å². The third-order valence-corrected chi connectivity index (χ3v) is 3.88. The summed E-state index contributed by atoms with van der Waals surface area (Å²) in [5.41, 5.74) is 0.680. The van der Waals surface area contributed by atoms with Crippen LogP contribution in [0.1, 0.15) is 43.5 Å². The molecule has 1 heterocycles. The van der Waals surface area contributed by atoms with Crippen LogP contribution in [0.4, 0.5) is 0 Å². The summed E-state index contributed by atoms with van der Waals surface area (Å²) in [6, 6.07) is 7.45. The van der Waals surface area contributed by atoms with Gasteiger partial charge in [-0.2, -0.15) is 0 Å². The average Bonchev–Trinajstić information content (AvgIpc) is 2.56. The van der Waals surface area contributed by atoms with Crippen molar-refractivity contribution in [3.63, 3.8) is 0 Å². The van der Waals surface area contributed by atoms with E-state index in [0.29, 0.717) is 31.7 Å². The Kier molecular flexibility index (Phi) is 5.81. The van der Waals surface area contributed by atoms with E-state index in [1.807, 2.05) is 30.9 Å². The van der Waals surface area contributed by atoms with Crippen LogP contribution in [0, 0.1) is 0 Å². The van der Waals surface area contributed by atoms with Crippen molar-refractivity contribution >= 4 is 11.8 Å². The fourth-order valence-corrected chi connectivity index (χ4v) is 2.60. The van der Waals surface area contributed by atoms with Crippen LogP contribution in [0.15, 0.2) is 24.3 Å². The first-order valence-corrected chi connectivity index (χ1v) is 7.95. The van der Waals surface area contributed by atoms with Crippen LogP contribution < -0.4 is 10.1 Å². The van der Waals surface area contributed by atoms with Crippen LogP contribution in [0.2, 0.25) is 0 Å². The summed E-state index contributed by atoms with van der Waals surface area (Å²) in [5.74, 6) is 0.902. The Morgan fingerprint density at radius 3 is 2.36 bits per heavy atom. The molecule has 0 unspecified atom stereocenters. The van der Waals surface area contributed by atoms with E-state index >= 15 is 0 Å². The molecule has 5 heteroatoms. The van der Waals surface area contributed by atoms with Crippen LogP contribution in [0.25, 0.3) is 0 Å². The zero-order chi connectivity index (χ0) is 15.9. The second-order valence-electron chi connectivity index (χ2n) is 5.44. The summed E-state index contributed by atoms with van der Waals surface area (Å²) in [5, 5.41) is 3.00. The lowest BCUT2D eigenvalue weighted by Gasteiger charge is -2.32. The molecule has 0 saturated carbocycles. The molecule has 1 fully saturated rings. The van der Waals surface area contributed by atoms with Crippen molar-refractivity contribution in [2.45, 2.75) is 39.2 Å². The molecule has 1 N–H and O–H groups in total. The van der Waals surface area contributed by atoms with E-state index in [0.717, 1.165) is 18.6 Å². The number of amides is 2. The van der Waals surface area contributed by atoms with Gasteiger partial charge in [-0.15, -0.1) is 0 Å². The Bertz CT molecular complexity index is 505. The molecular formula is C17H24N2O3. The Morgan fingerprint density at radius 2 is 1.82 bits per heavy atom. The maximum Gasteiger partial charge on any atom is 0.253 e. The van der Waals surface area contributed by atoms with E-state index in [1.165, 1.54) is 0 Å². The van der Waals surface area contributed by atoms with Gasteiger partial charge in [0.25, 0.3) is 5.91 Å². The highest BCUT2D eigenvalue weighted by atomic mass is 16.5. The summed E-state index contributed by atoms with van der Waals surface area (Å²) < 4.78 is 5.38. The second kappa shape index (κ2) is 7.82. The van der Waals surface area contributed by atoms with Crippen LogP contribution >= 0.6 is 0 Å². The third-order valence-electron chi connectivity index (χ3n) is 3.88. The number of hydrogen-bond acceptors (Lipinski definition) is 3. The fourth-order valence-electron chi connectivity index (χ4n) is 2.60. The number of rotatable bonds is 5. The van der Waals surface area contributed by atoms with E-state index in [1.54, 1.807) is 12.1 Å². The Labute approximate surface area is 131 Å². The van der Waals surface area contributed by atoms with Crippen molar-refractivity contribution in [3.8, 4) is 5.75 Å². The summed E-state index contributed by atoms with van der Waals surface area (Å²) in [6.07, 6.45) is 2.13. The lowest BCUT2D eigenvalue weighted by Crippen LogP contribution is -2.46. The smallest absolute Gasteiger partial charge is 0.253 e. The minimum absolute atomic E-state index is 0.0447. The van der Waals surface area contributed by atoms with Crippen LogP contribution in [-0.2, 0) is 4.79 Å². The number of carbonyl (C=O) groups is 2. The normalized spacial score (nSPS) is 15.5. The van der Waals surface area contributed by atoms with Crippen molar-refractivity contribution in [2.24, 2.45) is 0 Å². The van der Waals surface area contributed by atoms with Gasteiger partial charge in [0, 0.05) is 31.1 Å². The van der Waals surface area contributed by atoms with Gasteiger partial charge in [-0.1, -0.05) is 6.92 Å². The zero-order valence-corrected chi connectivity index (χ0v) is 13.3. The number of ether oxygens (including phenoxy) is 1. The summed E-state index contributed by atoms with van der Waals surface area (Å²) in [4.78, 5) is 25.7. The van der Waals surface area contributed by atoms with Crippen LogP contribution in [0.3, 0.4) is 0 Å². The molecule has 0 radical (unpaired) electrons. The molecule has 22 heavy (non-hydrogen) atoms. The number of nitrogens with one attached hydrogen (secondary N) is 1. The zero-order valence-electron chi connectivity index (χ0n) is 13.3. The van der Waals surface area contributed by atoms with Crippen molar-refractivity contribution in [2.75, 3.05) is 19.7 Å². The van der Waals surface area contributed by atoms with Crippen molar-refractivity contribution in [3.05, 3.63) is 29.8 Å². The average molecular weight is 304 g/mol. The van der Waals surface area contributed by atoms with E-state index in [2.05, 4.69) is 5.32 Å². The predicted molar refractivity (Wildman–Crippen MR) is 85.0 cm³/mol. The van der Waals surface area contributed by atoms with E-state index in [-0.39, 0.29) is 17.9 Å². The van der Waals surface area contributed by atoms with E-state index < -0.39 is 0 Å². The SMILES string of the molecule is CCOc1ccc(C(=O)N2CCC(NC(=O)CC)CC2)cc1. The summed E-state index contributed by atoms with van der Waals surface area (Å²) in [7, 11) is 0. The maximum atomic E-state index is 12.5. The first kappa shape index (κ1) is 16.3. The minimum Gasteiger partial charge on any atom is -0.494 e. The third kappa shape index (κ3) is 4.23. The van der Waals surface area contributed by atoms with Crippen LogP contribution in [0.5, 0.6) is 5.75 Å². The summed E-state index contributed by atoms with van der Waals surface area (Å²) >= 11 is 0. The molecule has 2 rings (SSSR count). The number of likely N-dealkylation sites (tertiary alicyclic amines) is 1. The highest BCUT2D eigenvalue weighted by molar-refractivity contribution is 5.94. The number of carbonyl (C=O) groups excluding carboxylic acids is 2. The molecule has 0 aromatic heterocycles. The first-order valence-electron chi connectivity index (χ1n) is 7.95. The highest BCUT2D eigenvalue weighted by Gasteiger charge is 2.24. The van der Waals surface area contributed by atoms with Crippen molar-refractivity contribution < 1.29 is 14.3 Å². The topological polar surface area (TPSA) is 58.6 Å². The molecule has 1 aromatic carbocycles. The van der Waals surface area contributed by atoms with Crippen LogP contribution in [-0.4, -0.2) is 42.5 Å². The molecule has 2 amide bonds. The quantitative estimate of drug-likeness (QED) is 0.907. The van der Waals surface area contributed by atoms with Crippen molar-refractivity contribution in [1.82, 2.24) is 10.2 Å². The molecule has 0 aliphatic carbocycles. The monoisotopic (exact) mass is 304 g/mol. The largest absolute Gasteiger partial charge is 0.494 e. The van der Waals surface area contributed by atoms with E-state index in [9.17, 15) is 9.59 Å². The Morgan fingerprint density at radius 1 is 1.18 bits per heavy atom. The first-order chi connectivity index (χ1) is 10.6. The van der Waals surface area contributed by atoms with Gasteiger partial charge in [0.1, 0.15) is 5.75 Å². The maximum absolute atomic E-state index is 12.5. The molecule has 5 nitrogen and oxygen atoms in total. The molecule has 0 atom stereocenters. The number of nitrogens with zero attached hydrogens (tertiary/aromatic N) is 1. The van der Waals surface area contributed by atoms with Crippen molar-refractivity contribution in [1.29, 1.82) is 0 Å². The summed E-state index contributed by atoms with van der Waals surface area (Å²) in [6.45, 7) is 5.76. The molecule has 1 aromatic rings. The van der Waals surface area contributed by atoms with E-state index in [4.69, 9.17) is 4.74 Å². The number of piperidine rings is 1. The molecule has 1 saturated heterocycles. The van der Waals surface area contributed by atoms with Gasteiger partial charge in [0.15, 0.2) is 0 Å². The fraction of sp³-hybridized carbons (Fsp3) is 0.529. The molecule has 120 valence electrons. The molecule has 1 aliphatic rings. The molecule has 0 bridgehead atoms. The minimum atomic E-state index is 0.0447. The van der Waals surface area contributed by atoms with Gasteiger partial charge in [-0.05, 0) is 44.0 Å².